The molecule has 0 aliphatic rings. The Balaban J connectivity index is 2.56. The lowest BCUT2D eigenvalue weighted by Gasteiger charge is -2.16. The van der Waals surface area contributed by atoms with Crippen molar-refractivity contribution in [2.24, 2.45) is 0 Å². The lowest BCUT2D eigenvalue weighted by molar-refractivity contribution is -0.191. The van der Waals surface area contributed by atoms with Crippen LogP contribution in [0.2, 0.25) is 0 Å². The van der Waals surface area contributed by atoms with Crippen molar-refractivity contribution in [3.05, 3.63) is 34.5 Å². The zero-order chi connectivity index (χ0) is 25.7. The van der Waals surface area contributed by atoms with Crippen LogP contribution in [0.4, 0.5) is 32.3 Å². The van der Waals surface area contributed by atoms with E-state index in [1.807, 2.05) is 6.92 Å². The fraction of sp³-hybridized carbons (Fsp3) is 0.389. The minimum Gasteiger partial charge on any atom is -0.416 e. The average molecular weight is 497 g/mol. The second-order valence-electron chi connectivity index (χ2n) is 6.39. The largest absolute Gasteiger partial charge is 0.491 e. The molecule has 1 heterocycles. The summed E-state index contributed by atoms with van der Waals surface area (Å²) in [6.07, 6.45) is -10.1. The maximum atomic E-state index is 12.6. The lowest BCUT2D eigenvalue weighted by atomic mass is 10.2. The first-order chi connectivity index (χ1) is 15.8. The highest BCUT2D eigenvalue weighted by atomic mass is 19.4. The lowest BCUT2D eigenvalue weighted by Crippen LogP contribution is -2.32. The summed E-state index contributed by atoms with van der Waals surface area (Å²) in [5.41, 5.74) is 4.11. The molecule has 34 heavy (non-hydrogen) atoms. The normalized spacial score (nSPS) is 11.8. The molecule has 1 aromatic carbocycles. The third kappa shape index (κ3) is 6.66. The number of alkyl halides is 6. The van der Waals surface area contributed by atoms with Gasteiger partial charge in [0.05, 0.1) is 5.69 Å². The van der Waals surface area contributed by atoms with Crippen molar-refractivity contribution in [3.63, 3.8) is 0 Å². The first-order valence-electron chi connectivity index (χ1n) is 9.49. The van der Waals surface area contributed by atoms with Crippen LogP contribution >= 0.6 is 0 Å². The Bertz CT molecular complexity index is 1120. The van der Waals surface area contributed by atoms with E-state index in [2.05, 4.69) is 30.3 Å². The topological polar surface area (TPSA) is 124 Å². The smallest absolute Gasteiger partial charge is 0.416 e. The predicted molar refractivity (Wildman–Crippen MR) is 102 cm³/mol. The zero-order valence-corrected chi connectivity index (χ0v) is 17.5. The number of aromatic nitrogens is 3. The van der Waals surface area contributed by atoms with Gasteiger partial charge in [0.15, 0.2) is 11.5 Å². The van der Waals surface area contributed by atoms with Gasteiger partial charge < -0.3 is 9.47 Å². The number of esters is 2. The number of anilines is 1. The summed E-state index contributed by atoms with van der Waals surface area (Å²) in [5, 5.41) is 0. The molecule has 2 aromatic rings. The van der Waals surface area contributed by atoms with Crippen LogP contribution in [0.3, 0.4) is 0 Å². The van der Waals surface area contributed by atoms with E-state index < -0.39 is 41.5 Å². The summed E-state index contributed by atoms with van der Waals surface area (Å²) in [6.45, 7) is 3.98. The molecule has 1 aromatic heterocycles. The highest BCUT2D eigenvalue weighted by Crippen LogP contribution is 2.33. The van der Waals surface area contributed by atoms with E-state index in [-0.39, 0.29) is 23.9 Å². The molecule has 2 rings (SSSR count). The van der Waals surface area contributed by atoms with Gasteiger partial charge in [0, 0.05) is 19.0 Å². The molecule has 0 unspecified atom stereocenters. The quantitative estimate of drug-likeness (QED) is 0.186. The fourth-order valence-corrected chi connectivity index (χ4v) is 2.38. The van der Waals surface area contributed by atoms with Crippen molar-refractivity contribution in [1.82, 2.24) is 20.0 Å². The number of rotatable bonds is 8. The molecule has 0 fully saturated rings. The van der Waals surface area contributed by atoms with Crippen LogP contribution in [-0.4, -0.2) is 45.4 Å². The van der Waals surface area contributed by atoms with Crippen molar-refractivity contribution in [2.75, 3.05) is 12.0 Å². The van der Waals surface area contributed by atoms with Gasteiger partial charge in [0.1, 0.15) is 5.82 Å². The van der Waals surface area contributed by atoms with E-state index in [0.717, 1.165) is 17.1 Å². The third-order valence-electron chi connectivity index (χ3n) is 3.83. The van der Waals surface area contributed by atoms with Crippen molar-refractivity contribution in [3.8, 4) is 17.2 Å². The summed E-state index contributed by atoms with van der Waals surface area (Å²) in [6, 6.07) is 2.17. The van der Waals surface area contributed by atoms with Gasteiger partial charge in [0.2, 0.25) is 5.95 Å². The Hall–Kier alpha value is -3.69. The number of benzene rings is 1. The Morgan fingerprint density at radius 2 is 1.56 bits per heavy atom. The molecule has 0 aliphatic heterocycles. The summed E-state index contributed by atoms with van der Waals surface area (Å²) in [7, 11) is 0. The van der Waals surface area contributed by atoms with Gasteiger partial charge in [-0.1, -0.05) is 13.8 Å². The Morgan fingerprint density at radius 3 is 2.09 bits per heavy atom. The summed E-state index contributed by atoms with van der Waals surface area (Å²) >= 11 is 0. The van der Waals surface area contributed by atoms with E-state index in [1.165, 1.54) is 0 Å². The molecular formula is C18H17F6N5O5. The zero-order valence-electron chi connectivity index (χ0n) is 17.5. The fourth-order valence-electron chi connectivity index (χ4n) is 2.38. The molecule has 0 bridgehead atoms. The van der Waals surface area contributed by atoms with Gasteiger partial charge in [-0.15, -0.1) is 0 Å². The molecule has 10 nitrogen and oxygen atoms in total. The van der Waals surface area contributed by atoms with Crippen LogP contribution in [0, 0.1) is 0 Å². The molecule has 16 heteroatoms. The molecule has 0 saturated carbocycles. The van der Waals surface area contributed by atoms with Crippen molar-refractivity contribution < 1.29 is 45.4 Å². The van der Waals surface area contributed by atoms with Gasteiger partial charge in [-0.25, -0.2) is 24.4 Å². The minimum atomic E-state index is -5.52. The van der Waals surface area contributed by atoms with Crippen LogP contribution in [0.5, 0.6) is 11.5 Å². The first-order valence-corrected chi connectivity index (χ1v) is 9.49. The van der Waals surface area contributed by atoms with E-state index in [9.17, 15) is 40.7 Å². The molecular weight excluding hydrogens is 480 g/mol. The SMILES string of the molecule is CCCNNc1nc(CC)n(-c2ccc(OC(=O)C(F)(F)F)c(OC(=O)C(F)(F)F)c2)c(=O)n1. The standard InChI is InChI=1S/C18H17F6N5O5/c1-3-7-25-28-15-26-12(4-2)29(16(32)27-15)9-5-6-10(33-13(30)17(19,20)21)11(8-9)34-14(31)18(22,23)24/h5-6,8,25H,3-4,7H2,1-2H3,(H,27,28,32). The molecule has 0 radical (unpaired) electrons. The number of nitrogens with zero attached hydrogens (tertiary/aromatic N) is 3. The van der Waals surface area contributed by atoms with Crippen molar-refractivity contribution in [1.29, 1.82) is 0 Å². The highest BCUT2D eigenvalue weighted by Gasteiger charge is 2.44. The second kappa shape index (κ2) is 10.5. The van der Waals surface area contributed by atoms with Crippen LogP contribution in [0.1, 0.15) is 26.1 Å². The number of carbonyl (C=O) groups is 2. The molecule has 2 N–H and O–H groups in total. The molecule has 0 atom stereocenters. The van der Waals surface area contributed by atoms with Gasteiger partial charge in [0.25, 0.3) is 0 Å². The number of hydrazine groups is 1. The van der Waals surface area contributed by atoms with Gasteiger partial charge in [-0.2, -0.15) is 36.3 Å². The second-order valence-corrected chi connectivity index (χ2v) is 6.39. The van der Waals surface area contributed by atoms with Gasteiger partial charge in [-0.05, 0) is 18.6 Å². The number of nitrogens with one attached hydrogen (secondary N) is 2. The molecule has 0 aliphatic carbocycles. The van der Waals surface area contributed by atoms with E-state index in [1.54, 1.807) is 6.92 Å². The summed E-state index contributed by atoms with van der Waals surface area (Å²) < 4.78 is 84.5. The van der Waals surface area contributed by atoms with E-state index in [0.29, 0.717) is 18.7 Å². The molecule has 0 spiro atoms. The highest BCUT2D eigenvalue weighted by molar-refractivity contribution is 5.81. The number of hydrogen-bond donors (Lipinski definition) is 2. The molecule has 186 valence electrons. The van der Waals surface area contributed by atoms with Crippen LogP contribution in [-0.2, 0) is 16.0 Å². The monoisotopic (exact) mass is 497 g/mol. The van der Waals surface area contributed by atoms with Crippen molar-refractivity contribution in [2.45, 2.75) is 39.0 Å². The van der Waals surface area contributed by atoms with Gasteiger partial charge in [-0.3, -0.25) is 5.43 Å². The molecule has 0 saturated heterocycles. The Kier molecular flexibility index (Phi) is 8.20. The minimum absolute atomic E-state index is 0.0499. The summed E-state index contributed by atoms with van der Waals surface area (Å²) in [4.78, 5) is 42.7. The number of hydrogen-bond acceptors (Lipinski definition) is 9. The van der Waals surface area contributed by atoms with Crippen LogP contribution in [0.25, 0.3) is 5.69 Å². The number of halogens is 6. The maximum Gasteiger partial charge on any atom is 0.491 e. The Labute approximate surface area is 186 Å². The number of carbonyl (C=O) groups excluding carboxylic acids is 2. The first kappa shape index (κ1) is 26.6. The maximum absolute atomic E-state index is 12.6. The molecule has 0 amide bonds. The number of aryl methyl sites for hydroxylation is 1. The van der Waals surface area contributed by atoms with Crippen LogP contribution < -0.4 is 26.0 Å². The average Bonchev–Trinajstić information content (AvgIpc) is 2.73. The third-order valence-corrected chi connectivity index (χ3v) is 3.83. The van der Waals surface area contributed by atoms with Crippen LogP contribution in [0.15, 0.2) is 23.0 Å². The van der Waals surface area contributed by atoms with E-state index in [4.69, 9.17) is 0 Å². The van der Waals surface area contributed by atoms with E-state index >= 15 is 0 Å². The Morgan fingerprint density at radius 1 is 0.971 bits per heavy atom. The summed E-state index contributed by atoms with van der Waals surface area (Å²) in [5.74, 6) is -7.96. The predicted octanol–water partition coefficient (Wildman–Crippen LogP) is 2.45. The van der Waals surface area contributed by atoms with Crippen molar-refractivity contribution >= 4 is 17.9 Å². The van der Waals surface area contributed by atoms with Gasteiger partial charge >= 0.3 is 30.0 Å². The number of ether oxygens (including phenoxy) is 2.